The predicted molar refractivity (Wildman–Crippen MR) is 76.0 cm³/mol. The van der Waals surface area contributed by atoms with Crippen molar-refractivity contribution in [1.82, 2.24) is 4.98 Å². The number of rotatable bonds is 3. The number of anilines is 3. The van der Waals surface area contributed by atoms with Crippen LogP contribution in [0.1, 0.15) is 0 Å². The molecule has 3 aromatic rings. The lowest BCUT2D eigenvalue weighted by Gasteiger charge is -2.01. The van der Waals surface area contributed by atoms with Crippen LogP contribution < -0.4 is 11.1 Å². The van der Waals surface area contributed by atoms with Gasteiger partial charge in [-0.3, -0.25) is 0 Å². The van der Waals surface area contributed by atoms with Gasteiger partial charge in [0.05, 0.1) is 5.69 Å². The van der Waals surface area contributed by atoms with Crippen LogP contribution in [-0.4, -0.2) is 4.98 Å². The lowest BCUT2D eigenvalue weighted by atomic mass is 10.1. The van der Waals surface area contributed by atoms with Gasteiger partial charge in [-0.25, -0.2) is 4.39 Å². The zero-order chi connectivity index (χ0) is 13.9. The number of aromatic nitrogens is 1. The van der Waals surface area contributed by atoms with Gasteiger partial charge in [-0.2, -0.15) is 4.98 Å². The second kappa shape index (κ2) is 5.05. The first-order chi connectivity index (χ1) is 9.72. The second-order valence-electron chi connectivity index (χ2n) is 4.26. The van der Waals surface area contributed by atoms with Crippen molar-refractivity contribution >= 4 is 17.4 Å². The van der Waals surface area contributed by atoms with Gasteiger partial charge < -0.3 is 15.5 Å². The third-order valence-electron chi connectivity index (χ3n) is 2.83. The number of oxazole rings is 1. The van der Waals surface area contributed by atoms with E-state index in [0.717, 1.165) is 5.56 Å². The summed E-state index contributed by atoms with van der Waals surface area (Å²) in [7, 11) is 0. The van der Waals surface area contributed by atoms with Gasteiger partial charge in [-0.1, -0.05) is 24.3 Å². The van der Waals surface area contributed by atoms with E-state index in [1.165, 1.54) is 12.3 Å². The van der Waals surface area contributed by atoms with E-state index in [1.807, 2.05) is 12.1 Å². The molecule has 0 saturated heterocycles. The number of halogens is 1. The second-order valence-corrected chi connectivity index (χ2v) is 4.26. The molecule has 0 saturated carbocycles. The highest BCUT2D eigenvalue weighted by atomic mass is 19.1. The molecule has 0 aliphatic heterocycles. The van der Waals surface area contributed by atoms with Gasteiger partial charge in [0.1, 0.15) is 17.8 Å². The monoisotopic (exact) mass is 269 g/mol. The number of hydrogen-bond donors (Lipinski definition) is 2. The van der Waals surface area contributed by atoms with Crippen LogP contribution in [0.15, 0.2) is 59.2 Å². The molecule has 0 aliphatic rings. The highest BCUT2D eigenvalue weighted by Gasteiger charge is 2.08. The molecule has 5 heteroatoms. The van der Waals surface area contributed by atoms with Gasteiger partial charge in [-0.05, 0) is 24.3 Å². The molecule has 0 fully saturated rings. The van der Waals surface area contributed by atoms with Crippen LogP contribution in [0.4, 0.5) is 21.8 Å². The average Bonchev–Trinajstić information content (AvgIpc) is 2.91. The molecule has 0 atom stereocenters. The minimum absolute atomic E-state index is 0.238. The molecular weight excluding hydrogens is 257 g/mol. The molecule has 100 valence electrons. The number of hydrogen-bond acceptors (Lipinski definition) is 4. The largest absolute Gasteiger partial charge is 0.431 e. The Bertz CT molecular complexity index is 722. The maximum atomic E-state index is 13.5. The fourth-order valence-electron chi connectivity index (χ4n) is 1.80. The summed E-state index contributed by atoms with van der Waals surface area (Å²) in [5, 5.41) is 2.80. The molecule has 0 aliphatic carbocycles. The Balaban J connectivity index is 1.84. The lowest BCUT2D eigenvalue weighted by Crippen LogP contribution is -1.93. The third kappa shape index (κ3) is 2.47. The van der Waals surface area contributed by atoms with E-state index in [-0.39, 0.29) is 11.8 Å². The van der Waals surface area contributed by atoms with E-state index in [0.29, 0.717) is 17.1 Å². The van der Waals surface area contributed by atoms with Crippen molar-refractivity contribution < 1.29 is 8.81 Å². The quantitative estimate of drug-likeness (QED) is 0.710. The van der Waals surface area contributed by atoms with Crippen molar-refractivity contribution in [2.75, 3.05) is 11.1 Å². The first-order valence-corrected chi connectivity index (χ1v) is 6.05. The predicted octanol–water partition coefficient (Wildman–Crippen LogP) is 3.81. The summed E-state index contributed by atoms with van der Waals surface area (Å²) < 4.78 is 18.8. The van der Waals surface area contributed by atoms with E-state index < -0.39 is 0 Å². The van der Waals surface area contributed by atoms with Crippen LogP contribution in [-0.2, 0) is 0 Å². The molecule has 0 spiro atoms. The summed E-state index contributed by atoms with van der Waals surface area (Å²) in [6, 6.07) is 13.8. The Morgan fingerprint density at radius 1 is 1.05 bits per heavy atom. The molecule has 0 radical (unpaired) electrons. The molecule has 1 aromatic heterocycles. The summed E-state index contributed by atoms with van der Waals surface area (Å²) in [5.74, 6) is -0.361. The topological polar surface area (TPSA) is 64.1 Å². The van der Waals surface area contributed by atoms with Gasteiger partial charge in [0.15, 0.2) is 0 Å². The average molecular weight is 269 g/mol. The van der Waals surface area contributed by atoms with Crippen molar-refractivity contribution in [1.29, 1.82) is 0 Å². The smallest absolute Gasteiger partial charge is 0.299 e. The zero-order valence-corrected chi connectivity index (χ0v) is 10.5. The van der Waals surface area contributed by atoms with E-state index in [2.05, 4.69) is 10.3 Å². The minimum atomic E-state index is -0.361. The van der Waals surface area contributed by atoms with Crippen LogP contribution in [0.2, 0.25) is 0 Å². The number of para-hydroxylation sites is 1. The molecule has 0 amide bonds. The molecular formula is C15H12FN3O. The van der Waals surface area contributed by atoms with Gasteiger partial charge in [-0.15, -0.1) is 0 Å². The number of nitrogens with zero attached hydrogens (tertiary/aromatic N) is 1. The molecule has 3 N–H and O–H groups in total. The summed E-state index contributed by atoms with van der Waals surface area (Å²) in [6.07, 6.45) is 1.51. The summed E-state index contributed by atoms with van der Waals surface area (Å²) in [5.41, 5.74) is 8.17. The Morgan fingerprint density at radius 3 is 2.55 bits per heavy atom. The maximum absolute atomic E-state index is 13.5. The summed E-state index contributed by atoms with van der Waals surface area (Å²) >= 11 is 0. The Labute approximate surface area is 115 Å². The number of benzene rings is 2. The Kier molecular flexibility index (Phi) is 3.09. The molecule has 20 heavy (non-hydrogen) atoms. The number of nitrogens with two attached hydrogens (primary N) is 1. The van der Waals surface area contributed by atoms with E-state index in [4.69, 9.17) is 10.2 Å². The van der Waals surface area contributed by atoms with Crippen molar-refractivity contribution in [2.24, 2.45) is 0 Å². The van der Waals surface area contributed by atoms with Gasteiger partial charge in [0.25, 0.3) is 6.01 Å². The number of nitrogens with one attached hydrogen (secondary N) is 1. The van der Waals surface area contributed by atoms with Crippen LogP contribution in [0.5, 0.6) is 0 Å². The fourth-order valence-corrected chi connectivity index (χ4v) is 1.80. The Hall–Kier alpha value is -2.82. The SMILES string of the molecule is Nc1ccc(-c2coc(Nc3ccccc3F)n2)cc1. The van der Waals surface area contributed by atoms with E-state index >= 15 is 0 Å². The van der Waals surface area contributed by atoms with Crippen LogP contribution in [0.25, 0.3) is 11.3 Å². The van der Waals surface area contributed by atoms with Gasteiger partial charge >= 0.3 is 0 Å². The highest BCUT2D eigenvalue weighted by molar-refractivity contribution is 5.63. The molecule has 2 aromatic carbocycles. The minimum Gasteiger partial charge on any atom is -0.431 e. The molecule has 1 heterocycles. The zero-order valence-electron chi connectivity index (χ0n) is 10.5. The van der Waals surface area contributed by atoms with E-state index in [9.17, 15) is 4.39 Å². The molecule has 3 rings (SSSR count). The van der Waals surface area contributed by atoms with E-state index in [1.54, 1.807) is 30.3 Å². The molecule has 4 nitrogen and oxygen atoms in total. The van der Waals surface area contributed by atoms with Gasteiger partial charge in [0, 0.05) is 11.3 Å². The fraction of sp³-hybridized carbons (Fsp3) is 0. The van der Waals surface area contributed by atoms with Gasteiger partial charge in [0.2, 0.25) is 0 Å². The van der Waals surface area contributed by atoms with Crippen molar-refractivity contribution in [3.05, 3.63) is 60.6 Å². The normalized spacial score (nSPS) is 10.4. The van der Waals surface area contributed by atoms with Crippen molar-refractivity contribution in [2.45, 2.75) is 0 Å². The van der Waals surface area contributed by atoms with Crippen molar-refractivity contribution in [3.63, 3.8) is 0 Å². The maximum Gasteiger partial charge on any atom is 0.299 e. The van der Waals surface area contributed by atoms with Crippen LogP contribution in [0.3, 0.4) is 0 Å². The highest BCUT2D eigenvalue weighted by Crippen LogP contribution is 2.24. The van der Waals surface area contributed by atoms with Crippen LogP contribution in [0, 0.1) is 5.82 Å². The molecule has 0 bridgehead atoms. The third-order valence-corrected chi connectivity index (χ3v) is 2.83. The molecule has 0 unspecified atom stereocenters. The van der Waals surface area contributed by atoms with Crippen molar-refractivity contribution in [3.8, 4) is 11.3 Å². The lowest BCUT2D eigenvalue weighted by molar-refractivity contribution is 0.575. The Morgan fingerprint density at radius 2 is 1.80 bits per heavy atom. The first-order valence-electron chi connectivity index (χ1n) is 6.05. The summed E-state index contributed by atoms with van der Waals surface area (Å²) in [4.78, 5) is 4.26. The number of nitrogen functional groups attached to an aromatic ring is 1. The standard InChI is InChI=1S/C15H12FN3O/c16-12-3-1-2-4-13(12)18-15-19-14(9-20-15)10-5-7-11(17)8-6-10/h1-9H,17H2,(H,18,19). The van der Waals surface area contributed by atoms with Crippen LogP contribution >= 0.6 is 0 Å². The first kappa shape index (κ1) is 12.2. The summed E-state index contributed by atoms with van der Waals surface area (Å²) in [6.45, 7) is 0.